The van der Waals surface area contributed by atoms with E-state index < -0.39 is 0 Å². The van der Waals surface area contributed by atoms with Gasteiger partial charge in [0, 0.05) is 31.0 Å². The summed E-state index contributed by atoms with van der Waals surface area (Å²) in [6.07, 6.45) is 3.58. The number of aromatic nitrogens is 4. The van der Waals surface area contributed by atoms with E-state index in [9.17, 15) is 4.79 Å². The van der Waals surface area contributed by atoms with Crippen molar-refractivity contribution in [1.29, 1.82) is 0 Å². The highest BCUT2D eigenvalue weighted by molar-refractivity contribution is 5.87. The third-order valence-electron chi connectivity index (χ3n) is 4.35. The Bertz CT molecular complexity index is 903. The molecule has 3 aromatic heterocycles. The maximum absolute atomic E-state index is 11.8. The van der Waals surface area contributed by atoms with Crippen LogP contribution in [-0.4, -0.2) is 50.1 Å². The summed E-state index contributed by atoms with van der Waals surface area (Å²) in [5.74, 6) is 0.282. The van der Waals surface area contributed by atoms with E-state index in [1.165, 1.54) is 0 Å². The molecule has 0 fully saturated rings. The summed E-state index contributed by atoms with van der Waals surface area (Å²) in [5, 5.41) is 9.85. The SMILES string of the molecule is CCNC(=O)Nc1nc2cc(-c3cccnc3)cc(CN(CC)CC)n2n1. The number of carbonyl (C=O) groups is 1. The van der Waals surface area contributed by atoms with Gasteiger partial charge in [0.15, 0.2) is 5.65 Å². The molecule has 0 aliphatic heterocycles. The molecule has 0 saturated heterocycles. The second-order valence-electron chi connectivity index (χ2n) is 6.13. The lowest BCUT2D eigenvalue weighted by Gasteiger charge is -2.19. The summed E-state index contributed by atoms with van der Waals surface area (Å²) in [7, 11) is 0. The second kappa shape index (κ2) is 8.59. The van der Waals surface area contributed by atoms with E-state index in [0.717, 1.165) is 36.5 Å². The third-order valence-corrected chi connectivity index (χ3v) is 4.35. The summed E-state index contributed by atoms with van der Waals surface area (Å²) in [5.41, 5.74) is 3.73. The Morgan fingerprint density at radius 3 is 2.67 bits per heavy atom. The zero-order chi connectivity index (χ0) is 19.2. The molecular formula is C19H25N7O. The van der Waals surface area contributed by atoms with Gasteiger partial charge in [0.25, 0.3) is 5.95 Å². The lowest BCUT2D eigenvalue weighted by Crippen LogP contribution is -2.28. The minimum Gasteiger partial charge on any atom is -0.338 e. The van der Waals surface area contributed by atoms with Crippen LogP contribution in [0.5, 0.6) is 0 Å². The first kappa shape index (κ1) is 18.8. The fourth-order valence-electron chi connectivity index (χ4n) is 2.90. The second-order valence-corrected chi connectivity index (χ2v) is 6.13. The van der Waals surface area contributed by atoms with Crippen LogP contribution >= 0.6 is 0 Å². The van der Waals surface area contributed by atoms with Crippen LogP contribution in [0.4, 0.5) is 10.7 Å². The van der Waals surface area contributed by atoms with E-state index in [1.54, 1.807) is 10.7 Å². The fraction of sp³-hybridized carbons (Fsp3) is 0.368. The number of rotatable bonds is 7. The molecule has 0 aromatic carbocycles. The molecule has 0 aliphatic rings. The van der Waals surface area contributed by atoms with Gasteiger partial charge in [-0.25, -0.2) is 9.31 Å². The molecule has 142 valence electrons. The van der Waals surface area contributed by atoms with Gasteiger partial charge in [0.05, 0.1) is 5.69 Å². The van der Waals surface area contributed by atoms with Crippen molar-refractivity contribution in [3.05, 3.63) is 42.4 Å². The van der Waals surface area contributed by atoms with E-state index in [1.807, 2.05) is 31.3 Å². The number of urea groups is 1. The van der Waals surface area contributed by atoms with Gasteiger partial charge in [-0.1, -0.05) is 19.9 Å². The Morgan fingerprint density at radius 2 is 2.00 bits per heavy atom. The molecule has 27 heavy (non-hydrogen) atoms. The molecule has 8 nitrogen and oxygen atoms in total. The lowest BCUT2D eigenvalue weighted by atomic mass is 10.1. The van der Waals surface area contributed by atoms with E-state index in [2.05, 4.69) is 50.5 Å². The molecule has 3 heterocycles. The van der Waals surface area contributed by atoms with E-state index >= 15 is 0 Å². The highest BCUT2D eigenvalue weighted by atomic mass is 16.2. The molecule has 0 atom stereocenters. The zero-order valence-electron chi connectivity index (χ0n) is 15.9. The Labute approximate surface area is 158 Å². The molecule has 0 aliphatic carbocycles. The predicted molar refractivity (Wildman–Crippen MR) is 106 cm³/mol. The standard InChI is InChI=1S/C19H25N7O/c1-4-21-19(27)23-18-22-17-11-15(14-8-7-9-20-12-14)10-16(26(17)24-18)13-25(5-2)6-3/h7-12H,4-6,13H2,1-3H3,(H2,21,23,24,27). The maximum Gasteiger partial charge on any atom is 0.321 e. The number of nitrogens with zero attached hydrogens (tertiary/aromatic N) is 5. The maximum atomic E-state index is 11.8. The number of hydrogen-bond acceptors (Lipinski definition) is 5. The van der Waals surface area contributed by atoms with Crippen molar-refractivity contribution < 1.29 is 4.79 Å². The number of nitrogens with one attached hydrogen (secondary N) is 2. The summed E-state index contributed by atoms with van der Waals surface area (Å²) >= 11 is 0. The number of amides is 2. The van der Waals surface area contributed by atoms with Crippen LogP contribution in [0.3, 0.4) is 0 Å². The summed E-state index contributed by atoms with van der Waals surface area (Å²) < 4.78 is 1.79. The van der Waals surface area contributed by atoms with Crippen LogP contribution in [0.25, 0.3) is 16.8 Å². The average Bonchev–Trinajstić information content (AvgIpc) is 3.09. The van der Waals surface area contributed by atoms with Crippen LogP contribution in [-0.2, 0) is 6.54 Å². The molecular weight excluding hydrogens is 342 g/mol. The quantitative estimate of drug-likeness (QED) is 0.670. The van der Waals surface area contributed by atoms with Crippen LogP contribution in [0.2, 0.25) is 0 Å². The molecule has 0 saturated carbocycles. The third kappa shape index (κ3) is 4.40. The largest absolute Gasteiger partial charge is 0.338 e. The molecule has 3 rings (SSSR count). The predicted octanol–water partition coefficient (Wildman–Crippen LogP) is 2.77. The minimum atomic E-state index is -0.314. The van der Waals surface area contributed by atoms with Crippen molar-refractivity contribution in [3.63, 3.8) is 0 Å². The highest BCUT2D eigenvalue weighted by Gasteiger charge is 2.14. The van der Waals surface area contributed by atoms with Crippen molar-refractivity contribution in [2.45, 2.75) is 27.3 Å². The Morgan fingerprint density at radius 1 is 1.19 bits per heavy atom. The highest BCUT2D eigenvalue weighted by Crippen LogP contribution is 2.23. The van der Waals surface area contributed by atoms with Crippen LogP contribution in [0.15, 0.2) is 36.7 Å². The molecule has 3 aromatic rings. The molecule has 0 bridgehead atoms. The normalized spacial score (nSPS) is 11.1. The van der Waals surface area contributed by atoms with E-state index in [-0.39, 0.29) is 12.0 Å². The topological polar surface area (TPSA) is 87.4 Å². The van der Waals surface area contributed by atoms with Crippen molar-refractivity contribution in [2.24, 2.45) is 0 Å². The van der Waals surface area contributed by atoms with Crippen LogP contribution in [0.1, 0.15) is 26.5 Å². The van der Waals surface area contributed by atoms with Gasteiger partial charge in [0.1, 0.15) is 0 Å². The summed E-state index contributed by atoms with van der Waals surface area (Å²) in [6, 6.07) is 7.68. The van der Waals surface area contributed by atoms with E-state index in [0.29, 0.717) is 12.2 Å². The Kier molecular flexibility index (Phi) is 5.97. The smallest absolute Gasteiger partial charge is 0.321 e. The summed E-state index contributed by atoms with van der Waals surface area (Å²) in [4.78, 5) is 22.8. The van der Waals surface area contributed by atoms with Gasteiger partial charge < -0.3 is 5.32 Å². The average molecular weight is 367 g/mol. The van der Waals surface area contributed by atoms with Gasteiger partial charge in [0.2, 0.25) is 0 Å². The lowest BCUT2D eigenvalue weighted by molar-refractivity contribution is 0.252. The number of fused-ring (bicyclic) bond motifs is 1. The van der Waals surface area contributed by atoms with E-state index in [4.69, 9.17) is 0 Å². The van der Waals surface area contributed by atoms with Crippen LogP contribution < -0.4 is 10.6 Å². The number of anilines is 1. The van der Waals surface area contributed by atoms with Crippen molar-refractivity contribution in [1.82, 2.24) is 29.8 Å². The van der Waals surface area contributed by atoms with Crippen molar-refractivity contribution in [2.75, 3.05) is 25.0 Å². The fourth-order valence-corrected chi connectivity index (χ4v) is 2.90. The number of hydrogen-bond donors (Lipinski definition) is 2. The Hall–Kier alpha value is -3.00. The Balaban J connectivity index is 2.04. The van der Waals surface area contributed by atoms with Gasteiger partial charge >= 0.3 is 6.03 Å². The monoisotopic (exact) mass is 367 g/mol. The number of carbonyl (C=O) groups excluding carboxylic acids is 1. The van der Waals surface area contributed by atoms with Crippen molar-refractivity contribution in [3.8, 4) is 11.1 Å². The zero-order valence-corrected chi connectivity index (χ0v) is 15.9. The molecule has 0 radical (unpaired) electrons. The van der Waals surface area contributed by atoms with Gasteiger partial charge in [-0.3, -0.25) is 15.2 Å². The van der Waals surface area contributed by atoms with Gasteiger partial charge in [-0.15, -0.1) is 5.10 Å². The number of pyridine rings is 2. The van der Waals surface area contributed by atoms with Crippen LogP contribution in [0, 0.1) is 0 Å². The first-order valence-electron chi connectivity index (χ1n) is 9.21. The van der Waals surface area contributed by atoms with Gasteiger partial charge in [-0.2, -0.15) is 4.98 Å². The molecule has 2 N–H and O–H groups in total. The van der Waals surface area contributed by atoms with Crippen molar-refractivity contribution >= 4 is 17.6 Å². The molecule has 0 spiro atoms. The molecule has 2 amide bonds. The first-order chi connectivity index (χ1) is 13.1. The molecule has 0 unspecified atom stereocenters. The minimum absolute atomic E-state index is 0.282. The first-order valence-corrected chi connectivity index (χ1v) is 9.21. The summed E-state index contributed by atoms with van der Waals surface area (Å²) in [6.45, 7) is 9.28. The van der Waals surface area contributed by atoms with Gasteiger partial charge in [-0.05, 0) is 43.8 Å². The molecule has 8 heteroatoms.